The third-order valence-electron chi connectivity index (χ3n) is 3.55. The van der Waals surface area contributed by atoms with E-state index < -0.39 is 0 Å². The highest BCUT2D eigenvalue weighted by atomic mass is 35.5. The quantitative estimate of drug-likeness (QED) is 0.433. The smallest absolute Gasteiger partial charge is 0.163 e. The van der Waals surface area contributed by atoms with Gasteiger partial charge < -0.3 is 14.8 Å². The first-order valence-corrected chi connectivity index (χ1v) is 9.12. The fourth-order valence-corrected chi connectivity index (χ4v) is 3.06. The number of benzene rings is 2. The van der Waals surface area contributed by atoms with Gasteiger partial charge in [0.15, 0.2) is 11.5 Å². The number of nitrogens with one attached hydrogen (secondary N) is 1. The fraction of sp³-hybridized carbons (Fsp3) is 0.222. The number of nitrogens with zero attached hydrogens (tertiary/aromatic N) is 2. The van der Waals surface area contributed by atoms with E-state index in [0.29, 0.717) is 51.3 Å². The topological polar surface area (TPSA) is 56.3 Å². The molecule has 5 nitrogen and oxygen atoms in total. The second-order valence-corrected chi connectivity index (χ2v) is 6.48. The highest BCUT2D eigenvalue weighted by Crippen LogP contribution is 2.37. The van der Waals surface area contributed by atoms with E-state index >= 15 is 0 Å². The first kappa shape index (κ1) is 21.6. The number of fused-ring (bicyclic) bond motifs is 1. The van der Waals surface area contributed by atoms with Crippen molar-refractivity contribution >= 4 is 69.6 Å². The molecule has 3 aromatic rings. The van der Waals surface area contributed by atoms with Gasteiger partial charge in [0.1, 0.15) is 12.1 Å². The Morgan fingerprint density at radius 1 is 0.889 bits per heavy atom. The third-order valence-corrected chi connectivity index (χ3v) is 4.74. The largest absolute Gasteiger partial charge is 0.490 e. The van der Waals surface area contributed by atoms with Gasteiger partial charge in [-0.15, -0.1) is 12.4 Å². The molecule has 144 valence electrons. The first-order valence-electron chi connectivity index (χ1n) is 7.99. The molecule has 0 fully saturated rings. The van der Waals surface area contributed by atoms with E-state index in [-0.39, 0.29) is 12.4 Å². The summed E-state index contributed by atoms with van der Waals surface area (Å²) in [5.74, 6) is 1.87. The number of ether oxygens (including phenoxy) is 2. The molecule has 0 saturated heterocycles. The number of hydrogen-bond donors (Lipinski definition) is 1. The van der Waals surface area contributed by atoms with E-state index in [1.807, 2.05) is 26.0 Å². The molecule has 0 aliphatic carbocycles. The third kappa shape index (κ3) is 4.79. The lowest BCUT2D eigenvalue weighted by molar-refractivity contribution is 0.288. The lowest BCUT2D eigenvalue weighted by Gasteiger charge is -2.14. The minimum absolute atomic E-state index is 0. The molecule has 0 saturated carbocycles. The van der Waals surface area contributed by atoms with Crippen LogP contribution in [0.3, 0.4) is 0 Å². The van der Waals surface area contributed by atoms with Gasteiger partial charge >= 0.3 is 0 Å². The van der Waals surface area contributed by atoms with Crippen LogP contribution in [0, 0.1) is 0 Å². The summed E-state index contributed by atoms with van der Waals surface area (Å²) in [5.41, 5.74) is 1.39. The summed E-state index contributed by atoms with van der Waals surface area (Å²) in [5, 5.41) is 5.00. The fourth-order valence-electron chi connectivity index (χ4n) is 2.46. The van der Waals surface area contributed by atoms with E-state index in [1.165, 1.54) is 6.33 Å². The van der Waals surface area contributed by atoms with Gasteiger partial charge in [0.05, 0.1) is 33.8 Å². The standard InChI is InChI=1S/C18H16Cl3N3O2.ClH/c1-3-25-15-7-11-14(8-16(15)26-4-2)22-9-23-18(11)24-10-5-12(19)17(21)13(20)6-10;/h5-9H,3-4H2,1-2H3,(H,22,23,24);1H. The van der Waals surface area contributed by atoms with Gasteiger partial charge in [-0.05, 0) is 32.0 Å². The Bertz CT molecular complexity index is 930. The van der Waals surface area contributed by atoms with Gasteiger partial charge in [-0.2, -0.15) is 0 Å². The zero-order chi connectivity index (χ0) is 18.7. The normalized spacial score (nSPS) is 10.4. The predicted octanol–water partition coefficient (Wildman–Crippen LogP) is 6.55. The van der Waals surface area contributed by atoms with Crippen molar-refractivity contribution in [3.05, 3.63) is 45.7 Å². The predicted molar refractivity (Wildman–Crippen MR) is 114 cm³/mol. The molecule has 0 aliphatic heterocycles. The van der Waals surface area contributed by atoms with Crippen LogP contribution in [0.15, 0.2) is 30.6 Å². The Kier molecular flexibility index (Phi) is 7.62. The van der Waals surface area contributed by atoms with E-state index in [9.17, 15) is 0 Å². The molecule has 0 unspecified atom stereocenters. The minimum atomic E-state index is 0. The molecule has 1 N–H and O–H groups in total. The molecule has 1 aromatic heterocycles. The van der Waals surface area contributed by atoms with E-state index in [4.69, 9.17) is 44.3 Å². The maximum Gasteiger partial charge on any atom is 0.163 e. The van der Waals surface area contributed by atoms with E-state index in [0.717, 1.165) is 10.9 Å². The zero-order valence-electron chi connectivity index (χ0n) is 14.6. The lowest BCUT2D eigenvalue weighted by atomic mass is 10.2. The van der Waals surface area contributed by atoms with Crippen LogP contribution in [-0.4, -0.2) is 23.2 Å². The summed E-state index contributed by atoms with van der Waals surface area (Å²) in [6.45, 7) is 4.88. The highest BCUT2D eigenvalue weighted by Gasteiger charge is 2.13. The molecule has 0 atom stereocenters. The second kappa shape index (κ2) is 9.51. The van der Waals surface area contributed by atoms with Crippen molar-refractivity contribution < 1.29 is 9.47 Å². The molecule has 1 heterocycles. The summed E-state index contributed by atoms with van der Waals surface area (Å²) < 4.78 is 11.3. The molecule has 0 amide bonds. The molecular weight excluding hydrogens is 432 g/mol. The molecule has 0 bridgehead atoms. The molecule has 0 radical (unpaired) electrons. The van der Waals surface area contributed by atoms with Crippen LogP contribution in [0.4, 0.5) is 11.5 Å². The summed E-state index contributed by atoms with van der Waals surface area (Å²) in [4.78, 5) is 8.64. The molecule has 9 heteroatoms. The number of anilines is 2. The van der Waals surface area contributed by atoms with Gasteiger partial charge in [0.2, 0.25) is 0 Å². The molecule has 3 rings (SSSR count). The SMILES string of the molecule is CCOc1cc2ncnc(Nc3cc(Cl)c(Cl)c(Cl)c3)c2cc1OCC.Cl. The van der Waals surface area contributed by atoms with Crippen molar-refractivity contribution in [1.82, 2.24) is 9.97 Å². The Morgan fingerprint density at radius 3 is 2.07 bits per heavy atom. The minimum Gasteiger partial charge on any atom is -0.490 e. The monoisotopic (exact) mass is 447 g/mol. The van der Waals surface area contributed by atoms with Crippen LogP contribution in [0.25, 0.3) is 10.9 Å². The summed E-state index contributed by atoms with van der Waals surface area (Å²) in [6, 6.07) is 7.05. The molecule has 2 aromatic carbocycles. The summed E-state index contributed by atoms with van der Waals surface area (Å²) in [6.07, 6.45) is 1.47. The van der Waals surface area contributed by atoms with Gasteiger partial charge in [0.25, 0.3) is 0 Å². The van der Waals surface area contributed by atoms with Crippen LogP contribution in [0.2, 0.25) is 15.1 Å². The van der Waals surface area contributed by atoms with Crippen molar-refractivity contribution in [1.29, 1.82) is 0 Å². The Balaban J connectivity index is 0.00000261. The van der Waals surface area contributed by atoms with E-state index in [1.54, 1.807) is 12.1 Å². The van der Waals surface area contributed by atoms with Crippen molar-refractivity contribution in [2.45, 2.75) is 13.8 Å². The van der Waals surface area contributed by atoms with Crippen LogP contribution in [0.5, 0.6) is 11.5 Å². The number of aromatic nitrogens is 2. The lowest BCUT2D eigenvalue weighted by Crippen LogP contribution is -2.01. The van der Waals surface area contributed by atoms with Gasteiger partial charge in [-0.3, -0.25) is 0 Å². The number of hydrogen-bond acceptors (Lipinski definition) is 5. The molecular formula is C18H17Cl4N3O2. The van der Waals surface area contributed by atoms with Crippen molar-refractivity contribution in [2.75, 3.05) is 18.5 Å². The Hall–Kier alpha value is -1.66. The van der Waals surface area contributed by atoms with Crippen molar-refractivity contribution in [2.24, 2.45) is 0 Å². The summed E-state index contributed by atoms with van der Waals surface area (Å²) >= 11 is 18.2. The second-order valence-electron chi connectivity index (χ2n) is 5.28. The van der Waals surface area contributed by atoms with Gasteiger partial charge in [-0.25, -0.2) is 9.97 Å². The Morgan fingerprint density at radius 2 is 1.48 bits per heavy atom. The van der Waals surface area contributed by atoms with E-state index in [2.05, 4.69) is 15.3 Å². The first-order chi connectivity index (χ1) is 12.5. The Labute approximate surface area is 178 Å². The van der Waals surface area contributed by atoms with Crippen LogP contribution in [0.1, 0.15) is 13.8 Å². The number of halogens is 4. The van der Waals surface area contributed by atoms with Crippen LogP contribution >= 0.6 is 47.2 Å². The van der Waals surface area contributed by atoms with Gasteiger partial charge in [-0.1, -0.05) is 34.8 Å². The molecule has 0 spiro atoms. The van der Waals surface area contributed by atoms with Crippen LogP contribution < -0.4 is 14.8 Å². The molecule has 0 aliphatic rings. The molecule has 27 heavy (non-hydrogen) atoms. The maximum atomic E-state index is 6.10. The van der Waals surface area contributed by atoms with Crippen molar-refractivity contribution in [3.8, 4) is 11.5 Å². The number of rotatable bonds is 6. The van der Waals surface area contributed by atoms with Crippen LogP contribution in [-0.2, 0) is 0 Å². The van der Waals surface area contributed by atoms with Crippen molar-refractivity contribution in [3.63, 3.8) is 0 Å². The highest BCUT2D eigenvalue weighted by molar-refractivity contribution is 6.48. The zero-order valence-corrected chi connectivity index (χ0v) is 17.6. The average molecular weight is 449 g/mol. The van der Waals surface area contributed by atoms with Gasteiger partial charge in [0, 0.05) is 17.1 Å². The maximum absolute atomic E-state index is 6.10. The summed E-state index contributed by atoms with van der Waals surface area (Å²) in [7, 11) is 0. The average Bonchev–Trinajstić information content (AvgIpc) is 2.61.